The fraction of sp³-hybridized carbons (Fsp3) is 1.00. The fourth-order valence-electron chi connectivity index (χ4n) is 2.50. The molecule has 7 heteroatoms. The molecule has 1 saturated heterocycles. The maximum Gasteiger partial charge on any atom is 0.211 e. The second-order valence-corrected chi connectivity index (χ2v) is 7.63. The van der Waals surface area contributed by atoms with Gasteiger partial charge in [-0.2, -0.15) is 0 Å². The normalized spacial score (nSPS) is 20.8. The predicted molar refractivity (Wildman–Crippen MR) is 83.9 cm³/mol. The molecule has 0 bridgehead atoms. The van der Waals surface area contributed by atoms with Gasteiger partial charge < -0.3 is 14.8 Å². The first-order valence-electron chi connectivity index (χ1n) is 7.76. The van der Waals surface area contributed by atoms with Crippen LogP contribution in [0.1, 0.15) is 25.7 Å². The third kappa shape index (κ3) is 8.73. The van der Waals surface area contributed by atoms with Gasteiger partial charge in [-0.1, -0.05) is 0 Å². The summed E-state index contributed by atoms with van der Waals surface area (Å²) in [4.78, 5) is 0. The van der Waals surface area contributed by atoms with Crippen LogP contribution in [0.25, 0.3) is 0 Å². The van der Waals surface area contributed by atoms with Gasteiger partial charge in [0.2, 0.25) is 10.0 Å². The van der Waals surface area contributed by atoms with Gasteiger partial charge in [0, 0.05) is 26.8 Å². The number of piperidine rings is 1. The van der Waals surface area contributed by atoms with E-state index in [-0.39, 0.29) is 0 Å². The van der Waals surface area contributed by atoms with Gasteiger partial charge in [0.15, 0.2) is 0 Å². The number of rotatable bonds is 11. The van der Waals surface area contributed by atoms with E-state index >= 15 is 0 Å². The van der Waals surface area contributed by atoms with Gasteiger partial charge in [0.1, 0.15) is 0 Å². The number of nitrogens with zero attached hydrogens (tertiary/aromatic N) is 1. The quantitative estimate of drug-likeness (QED) is 0.567. The number of unbranched alkanes of at least 4 members (excludes halogenated alkanes) is 1. The van der Waals surface area contributed by atoms with E-state index in [4.69, 9.17) is 9.47 Å². The summed E-state index contributed by atoms with van der Waals surface area (Å²) in [7, 11) is -1.36. The number of hydrogen-bond acceptors (Lipinski definition) is 5. The van der Waals surface area contributed by atoms with E-state index in [0.717, 1.165) is 45.4 Å². The van der Waals surface area contributed by atoms with Gasteiger partial charge in [-0.25, -0.2) is 12.7 Å². The monoisotopic (exact) mass is 322 g/mol. The molecule has 1 N–H and O–H groups in total. The first-order valence-corrected chi connectivity index (χ1v) is 9.61. The number of nitrogens with one attached hydrogen (secondary N) is 1. The van der Waals surface area contributed by atoms with E-state index in [1.165, 1.54) is 6.26 Å². The summed E-state index contributed by atoms with van der Waals surface area (Å²) in [5.41, 5.74) is 0. The Hall–Kier alpha value is -0.210. The van der Waals surface area contributed by atoms with Crippen molar-refractivity contribution in [1.29, 1.82) is 0 Å². The Morgan fingerprint density at radius 1 is 1.24 bits per heavy atom. The first-order chi connectivity index (χ1) is 10.0. The highest BCUT2D eigenvalue weighted by molar-refractivity contribution is 7.88. The molecule has 0 aliphatic carbocycles. The zero-order chi connectivity index (χ0) is 15.6. The smallest absolute Gasteiger partial charge is 0.211 e. The summed E-state index contributed by atoms with van der Waals surface area (Å²) in [5.74, 6) is 0.437. The molecule has 0 aromatic heterocycles. The van der Waals surface area contributed by atoms with Crippen molar-refractivity contribution in [3.63, 3.8) is 0 Å². The Morgan fingerprint density at radius 2 is 2.05 bits per heavy atom. The van der Waals surface area contributed by atoms with E-state index in [9.17, 15) is 8.42 Å². The average Bonchev–Trinajstić information content (AvgIpc) is 2.45. The zero-order valence-corrected chi connectivity index (χ0v) is 14.2. The van der Waals surface area contributed by atoms with Crippen molar-refractivity contribution in [1.82, 2.24) is 9.62 Å². The molecule has 21 heavy (non-hydrogen) atoms. The number of methoxy groups -OCH3 is 1. The van der Waals surface area contributed by atoms with E-state index < -0.39 is 10.0 Å². The summed E-state index contributed by atoms with van der Waals surface area (Å²) >= 11 is 0. The molecule has 1 unspecified atom stereocenters. The molecule has 1 atom stereocenters. The molecule has 0 amide bonds. The van der Waals surface area contributed by atoms with E-state index in [1.54, 1.807) is 11.4 Å². The Kier molecular flexibility index (Phi) is 9.42. The number of ether oxygens (including phenoxy) is 2. The van der Waals surface area contributed by atoms with Crippen LogP contribution in [-0.2, 0) is 19.5 Å². The Morgan fingerprint density at radius 3 is 2.76 bits per heavy atom. The van der Waals surface area contributed by atoms with Crippen LogP contribution in [0.15, 0.2) is 0 Å². The maximum absolute atomic E-state index is 11.5. The topological polar surface area (TPSA) is 67.9 Å². The van der Waals surface area contributed by atoms with Crippen LogP contribution in [-0.4, -0.2) is 72.1 Å². The molecule has 126 valence electrons. The average molecular weight is 322 g/mol. The minimum Gasteiger partial charge on any atom is -0.382 e. The maximum atomic E-state index is 11.5. The molecule has 1 aliphatic rings. The lowest BCUT2D eigenvalue weighted by Crippen LogP contribution is -2.42. The van der Waals surface area contributed by atoms with Gasteiger partial charge in [-0.15, -0.1) is 0 Å². The van der Waals surface area contributed by atoms with Crippen molar-refractivity contribution < 1.29 is 17.9 Å². The molecule has 1 heterocycles. The van der Waals surface area contributed by atoms with Gasteiger partial charge >= 0.3 is 0 Å². The molecule has 1 aliphatic heterocycles. The second kappa shape index (κ2) is 10.5. The van der Waals surface area contributed by atoms with Crippen molar-refractivity contribution in [3.05, 3.63) is 0 Å². The molecule has 0 spiro atoms. The summed E-state index contributed by atoms with van der Waals surface area (Å²) in [5, 5.41) is 3.43. The molecule has 0 radical (unpaired) electrons. The predicted octanol–water partition coefficient (Wildman–Crippen LogP) is 0.691. The lowest BCUT2D eigenvalue weighted by molar-refractivity contribution is 0.0688. The number of hydrogen-bond donors (Lipinski definition) is 1. The van der Waals surface area contributed by atoms with Crippen molar-refractivity contribution in [2.45, 2.75) is 25.7 Å². The van der Waals surface area contributed by atoms with Crippen molar-refractivity contribution in [2.24, 2.45) is 5.92 Å². The minimum atomic E-state index is -3.03. The van der Waals surface area contributed by atoms with Crippen molar-refractivity contribution >= 4 is 10.0 Å². The molecule has 0 aromatic carbocycles. The first kappa shape index (κ1) is 18.8. The van der Waals surface area contributed by atoms with Gasteiger partial charge in [-0.3, -0.25) is 0 Å². The third-order valence-corrected chi connectivity index (χ3v) is 4.98. The molecule has 0 saturated carbocycles. The minimum absolute atomic E-state index is 0.437. The van der Waals surface area contributed by atoms with Crippen LogP contribution in [0.2, 0.25) is 0 Å². The molecular formula is C14H30N2O4S. The lowest BCUT2D eigenvalue weighted by atomic mass is 10.00. The van der Waals surface area contributed by atoms with Crippen molar-refractivity contribution in [3.8, 4) is 0 Å². The SMILES string of the molecule is COCCOCCCCNCC1CCCN(S(C)(=O)=O)C1. The van der Waals surface area contributed by atoms with Crippen LogP contribution in [0.3, 0.4) is 0 Å². The third-order valence-electron chi connectivity index (χ3n) is 3.71. The lowest BCUT2D eigenvalue weighted by Gasteiger charge is -2.31. The molecule has 1 rings (SSSR count). The second-order valence-electron chi connectivity index (χ2n) is 5.65. The highest BCUT2D eigenvalue weighted by Gasteiger charge is 2.25. The van der Waals surface area contributed by atoms with E-state index in [1.807, 2.05) is 0 Å². The Balaban J connectivity index is 2.00. The highest BCUT2D eigenvalue weighted by Crippen LogP contribution is 2.17. The van der Waals surface area contributed by atoms with E-state index in [0.29, 0.717) is 32.2 Å². The van der Waals surface area contributed by atoms with E-state index in [2.05, 4.69) is 5.32 Å². The molecule has 1 fully saturated rings. The van der Waals surface area contributed by atoms with Gasteiger partial charge in [0.05, 0.1) is 19.5 Å². The summed E-state index contributed by atoms with van der Waals surface area (Å²) in [6, 6.07) is 0. The summed E-state index contributed by atoms with van der Waals surface area (Å²) in [6.45, 7) is 5.28. The van der Waals surface area contributed by atoms with Gasteiger partial charge in [-0.05, 0) is 44.7 Å². The largest absolute Gasteiger partial charge is 0.382 e. The van der Waals surface area contributed by atoms with Crippen LogP contribution in [0.5, 0.6) is 0 Å². The molecule has 0 aromatic rings. The standard InChI is InChI=1S/C14H30N2O4S/c1-19-10-11-20-9-4-3-7-15-12-14-6-5-8-16(13-14)21(2,17)18/h14-15H,3-13H2,1-2H3. The molecule has 6 nitrogen and oxygen atoms in total. The highest BCUT2D eigenvalue weighted by atomic mass is 32.2. The Labute approximate surface area is 129 Å². The van der Waals surface area contributed by atoms with Crippen LogP contribution in [0, 0.1) is 5.92 Å². The summed E-state index contributed by atoms with van der Waals surface area (Å²) in [6.07, 6.45) is 5.49. The Bertz CT molecular complexity index is 362. The zero-order valence-electron chi connectivity index (χ0n) is 13.3. The van der Waals surface area contributed by atoms with Crippen molar-refractivity contribution in [2.75, 3.05) is 59.4 Å². The fourth-order valence-corrected chi connectivity index (χ4v) is 3.44. The van der Waals surface area contributed by atoms with Crippen LogP contribution >= 0.6 is 0 Å². The summed E-state index contributed by atoms with van der Waals surface area (Å²) < 4.78 is 35.0. The van der Waals surface area contributed by atoms with Crippen LogP contribution in [0.4, 0.5) is 0 Å². The van der Waals surface area contributed by atoms with Gasteiger partial charge in [0.25, 0.3) is 0 Å². The van der Waals surface area contributed by atoms with Crippen LogP contribution < -0.4 is 5.32 Å². The number of sulfonamides is 1. The molecular weight excluding hydrogens is 292 g/mol.